The van der Waals surface area contributed by atoms with E-state index in [4.69, 9.17) is 9.15 Å². The molecule has 2 heterocycles. The van der Waals surface area contributed by atoms with Crippen LogP contribution >= 0.6 is 0 Å². The summed E-state index contributed by atoms with van der Waals surface area (Å²) < 4.78 is 11.3. The van der Waals surface area contributed by atoms with Crippen LogP contribution in [0, 0.1) is 0 Å². The fourth-order valence-electron chi connectivity index (χ4n) is 7.13. The third kappa shape index (κ3) is 10.6. The quantitative estimate of drug-likeness (QED) is 0.0771. The van der Waals surface area contributed by atoms with E-state index in [0.29, 0.717) is 75.5 Å². The van der Waals surface area contributed by atoms with Gasteiger partial charge in [-0.2, -0.15) is 0 Å². The van der Waals surface area contributed by atoms with Crippen molar-refractivity contribution in [2.45, 2.75) is 31.9 Å². The summed E-state index contributed by atoms with van der Waals surface area (Å²) in [6.07, 6.45) is 2.52. The number of anilines is 2. The van der Waals surface area contributed by atoms with E-state index in [1.165, 1.54) is 0 Å². The van der Waals surface area contributed by atoms with E-state index >= 15 is 0 Å². The van der Waals surface area contributed by atoms with E-state index in [0.717, 1.165) is 39.1 Å². The normalized spacial score (nSPS) is 13.1. The second-order valence-electron chi connectivity index (χ2n) is 14.0. The van der Waals surface area contributed by atoms with E-state index in [1.807, 2.05) is 72.8 Å². The molecule has 10 heteroatoms. The summed E-state index contributed by atoms with van der Waals surface area (Å²) in [7, 11) is 0. The molecular weight excluding hydrogens is 715 g/mol. The minimum absolute atomic E-state index is 0.130. The first kappa shape index (κ1) is 38.8. The van der Waals surface area contributed by atoms with Crippen molar-refractivity contribution in [2.75, 3.05) is 43.4 Å². The van der Waals surface area contributed by atoms with Crippen molar-refractivity contribution in [3.05, 3.63) is 157 Å². The Balaban J connectivity index is 0.896. The summed E-state index contributed by atoms with van der Waals surface area (Å²) >= 11 is 0. The Kier molecular flexibility index (Phi) is 13.2. The Bertz CT molecular complexity index is 2240. The minimum atomic E-state index is -0.492. The summed E-state index contributed by atoms with van der Waals surface area (Å²) in [6, 6.07) is 45.3. The number of nitrogens with zero attached hydrogens (tertiary/aromatic N) is 1. The maximum Gasteiger partial charge on any atom is 0.411 e. The van der Waals surface area contributed by atoms with Crippen LogP contribution in [0.5, 0.6) is 0 Å². The molecule has 0 bridgehead atoms. The lowest BCUT2D eigenvalue weighted by atomic mass is 9.88. The molecule has 6 aromatic rings. The van der Waals surface area contributed by atoms with Gasteiger partial charge in [-0.05, 0) is 77.1 Å². The molecule has 57 heavy (non-hydrogen) atoms. The predicted octanol–water partition coefficient (Wildman–Crippen LogP) is 8.84. The van der Waals surface area contributed by atoms with Gasteiger partial charge in [0.05, 0.1) is 18.5 Å². The molecule has 0 unspecified atom stereocenters. The standard InChI is InChI=1S/C47H47N5O5/c53-44(50-37-17-9-16-36(32-37)46(54)49-27-26-48-33-39-18-11-31-56-39)25-30-52-28-23-38(24-29-52)57-47(55)51-43-22-10-21-41(35-14-5-2-6-15-35)45(43)42-20-8-7-19-40(42)34-12-3-1-4-13-34/h1-22,31-32,38,48H,23-30,33H2,(H,49,54)(H,50,53)(H,51,55). The number of carbonyl (C=O) groups excluding carboxylic acids is 3. The van der Waals surface area contributed by atoms with E-state index in [2.05, 4.69) is 68.6 Å². The van der Waals surface area contributed by atoms with Gasteiger partial charge in [-0.25, -0.2) is 4.79 Å². The summed E-state index contributed by atoms with van der Waals surface area (Å²) in [5.74, 6) is 0.496. The molecule has 1 aromatic heterocycles. The van der Waals surface area contributed by atoms with E-state index in [9.17, 15) is 14.4 Å². The summed E-state index contributed by atoms with van der Waals surface area (Å²) in [6.45, 7) is 3.62. The van der Waals surface area contributed by atoms with Crippen LogP contribution in [0.25, 0.3) is 33.4 Å². The number of piperidine rings is 1. The Hall–Kier alpha value is -6.49. The third-order valence-electron chi connectivity index (χ3n) is 10.0. The fourth-order valence-corrected chi connectivity index (χ4v) is 7.13. The smallest absolute Gasteiger partial charge is 0.411 e. The van der Waals surface area contributed by atoms with Crippen molar-refractivity contribution in [1.29, 1.82) is 0 Å². The highest BCUT2D eigenvalue weighted by Crippen LogP contribution is 2.42. The zero-order valence-electron chi connectivity index (χ0n) is 31.8. The maximum absolute atomic E-state index is 13.5. The topological polar surface area (TPSA) is 125 Å². The molecule has 4 N–H and O–H groups in total. The Labute approximate surface area is 333 Å². The molecule has 0 aliphatic carbocycles. The van der Waals surface area contributed by atoms with E-state index in [1.54, 1.807) is 30.5 Å². The average Bonchev–Trinajstić information content (AvgIpc) is 3.78. The molecule has 1 aliphatic heterocycles. The zero-order chi connectivity index (χ0) is 39.2. The molecule has 0 radical (unpaired) electrons. The van der Waals surface area contributed by atoms with E-state index < -0.39 is 6.09 Å². The fraction of sp³-hybridized carbons (Fsp3) is 0.213. The second-order valence-corrected chi connectivity index (χ2v) is 14.0. The van der Waals surface area contributed by atoms with E-state index in [-0.39, 0.29) is 17.9 Å². The minimum Gasteiger partial charge on any atom is -0.468 e. The molecular formula is C47H47N5O5. The van der Waals surface area contributed by atoms with Crippen LogP contribution < -0.4 is 21.3 Å². The molecule has 1 fully saturated rings. The van der Waals surface area contributed by atoms with Crippen molar-refractivity contribution in [3.63, 3.8) is 0 Å². The zero-order valence-corrected chi connectivity index (χ0v) is 31.8. The Morgan fingerprint density at radius 1 is 0.684 bits per heavy atom. The van der Waals surface area contributed by atoms with Crippen LogP contribution in [-0.4, -0.2) is 61.6 Å². The highest BCUT2D eigenvalue weighted by molar-refractivity contribution is 6.02. The second kappa shape index (κ2) is 19.4. The van der Waals surface area contributed by atoms with Gasteiger partial charge in [0.2, 0.25) is 5.91 Å². The molecule has 3 amide bonds. The average molecular weight is 762 g/mol. The van der Waals surface area contributed by atoms with Gasteiger partial charge < -0.3 is 30.0 Å². The molecule has 1 aliphatic rings. The lowest BCUT2D eigenvalue weighted by molar-refractivity contribution is -0.116. The van der Waals surface area contributed by atoms with Gasteiger partial charge in [-0.15, -0.1) is 0 Å². The first-order valence-corrected chi connectivity index (χ1v) is 19.4. The highest BCUT2D eigenvalue weighted by Gasteiger charge is 2.24. The number of furan rings is 1. The van der Waals surface area contributed by atoms with Crippen molar-refractivity contribution in [2.24, 2.45) is 0 Å². The SMILES string of the molecule is O=C(CCN1CCC(OC(=O)Nc2cccc(-c3ccccc3)c2-c2ccccc2-c2ccccc2)CC1)Nc1cccc(C(=O)NCCNCc2ccco2)c1. The summed E-state index contributed by atoms with van der Waals surface area (Å²) in [4.78, 5) is 41.3. The van der Waals surface area contributed by atoms with Gasteiger partial charge in [-0.3, -0.25) is 14.9 Å². The molecule has 290 valence electrons. The van der Waals surface area contributed by atoms with Crippen molar-refractivity contribution < 1.29 is 23.5 Å². The van der Waals surface area contributed by atoms with Crippen LogP contribution in [-0.2, 0) is 16.1 Å². The number of ether oxygens (including phenoxy) is 1. The van der Waals surface area contributed by atoms with Crippen molar-refractivity contribution in [1.82, 2.24) is 15.5 Å². The first-order chi connectivity index (χ1) is 28.0. The molecule has 1 saturated heterocycles. The largest absolute Gasteiger partial charge is 0.468 e. The number of rotatable bonds is 15. The number of likely N-dealkylation sites (tertiary alicyclic amines) is 1. The van der Waals surface area contributed by atoms with Gasteiger partial charge in [0.15, 0.2) is 0 Å². The van der Waals surface area contributed by atoms with Crippen molar-refractivity contribution in [3.8, 4) is 33.4 Å². The van der Waals surface area contributed by atoms with Gasteiger partial charge in [0.25, 0.3) is 5.91 Å². The lowest BCUT2D eigenvalue weighted by Gasteiger charge is -2.31. The predicted molar refractivity (Wildman–Crippen MR) is 225 cm³/mol. The Morgan fingerprint density at radius 3 is 2.11 bits per heavy atom. The molecule has 0 spiro atoms. The number of hydrogen-bond acceptors (Lipinski definition) is 7. The van der Waals surface area contributed by atoms with Crippen LogP contribution in [0.1, 0.15) is 35.4 Å². The van der Waals surface area contributed by atoms with Crippen LogP contribution in [0.4, 0.5) is 16.2 Å². The van der Waals surface area contributed by atoms with Crippen molar-refractivity contribution >= 4 is 29.3 Å². The summed E-state index contributed by atoms with van der Waals surface area (Å²) in [5, 5.41) is 12.1. The first-order valence-electron chi connectivity index (χ1n) is 19.4. The third-order valence-corrected chi connectivity index (χ3v) is 10.0. The van der Waals surface area contributed by atoms with Gasteiger partial charge in [0, 0.05) is 56.0 Å². The molecule has 10 nitrogen and oxygen atoms in total. The number of carbonyl (C=O) groups is 3. The number of hydrogen-bond donors (Lipinski definition) is 4. The maximum atomic E-state index is 13.5. The highest BCUT2D eigenvalue weighted by atomic mass is 16.6. The van der Waals surface area contributed by atoms with Crippen LogP contribution in [0.2, 0.25) is 0 Å². The van der Waals surface area contributed by atoms with Gasteiger partial charge >= 0.3 is 6.09 Å². The lowest BCUT2D eigenvalue weighted by Crippen LogP contribution is -2.39. The Morgan fingerprint density at radius 2 is 1.37 bits per heavy atom. The van der Waals surface area contributed by atoms with Crippen LogP contribution in [0.15, 0.2) is 150 Å². The number of nitrogens with one attached hydrogen (secondary N) is 4. The molecule has 7 rings (SSSR count). The molecule has 0 saturated carbocycles. The number of benzene rings is 5. The van der Waals surface area contributed by atoms with Crippen LogP contribution in [0.3, 0.4) is 0 Å². The molecule has 5 aromatic carbocycles. The molecule has 0 atom stereocenters. The number of amides is 3. The van der Waals surface area contributed by atoms with Gasteiger partial charge in [0.1, 0.15) is 11.9 Å². The van der Waals surface area contributed by atoms with Gasteiger partial charge in [-0.1, -0.05) is 103 Å². The summed E-state index contributed by atoms with van der Waals surface area (Å²) in [5.41, 5.74) is 7.87. The monoisotopic (exact) mass is 761 g/mol.